The van der Waals surface area contributed by atoms with E-state index in [0.717, 1.165) is 11.4 Å². The van der Waals surface area contributed by atoms with Gasteiger partial charge in [-0.25, -0.2) is 4.79 Å². The molecule has 0 saturated carbocycles. The molecule has 0 spiro atoms. The van der Waals surface area contributed by atoms with Gasteiger partial charge in [0.05, 0.1) is 33.1 Å². The van der Waals surface area contributed by atoms with Crippen LogP contribution in [0.1, 0.15) is 21.7 Å². The Bertz CT molecular complexity index is 618. The number of aromatic nitrogens is 3. The lowest BCUT2D eigenvalue weighted by atomic mass is 10.3. The summed E-state index contributed by atoms with van der Waals surface area (Å²) in [6.07, 6.45) is 1.56. The highest BCUT2D eigenvalue weighted by molar-refractivity contribution is 9.10. The summed E-state index contributed by atoms with van der Waals surface area (Å²) in [7, 11) is 1.81. The molecule has 0 saturated heterocycles. The summed E-state index contributed by atoms with van der Waals surface area (Å²) in [5.74, 6) is -0.957. The van der Waals surface area contributed by atoms with Crippen molar-refractivity contribution < 1.29 is 9.90 Å². The molecule has 96 valence electrons. The van der Waals surface area contributed by atoms with Crippen molar-refractivity contribution in [3.8, 4) is 0 Å². The summed E-state index contributed by atoms with van der Waals surface area (Å²) >= 11 is 9.48. The summed E-state index contributed by atoms with van der Waals surface area (Å²) in [6.45, 7) is 2.29. The fraction of sp³-hybridized carbons (Fsp3) is 0.273. The van der Waals surface area contributed by atoms with Crippen molar-refractivity contribution in [3.05, 3.63) is 38.8 Å². The van der Waals surface area contributed by atoms with E-state index in [1.165, 1.54) is 0 Å². The molecule has 2 aromatic rings. The Hall–Kier alpha value is -1.27. The van der Waals surface area contributed by atoms with E-state index in [2.05, 4.69) is 21.0 Å². The molecule has 0 atom stereocenters. The largest absolute Gasteiger partial charge is 0.478 e. The van der Waals surface area contributed by atoms with Crippen molar-refractivity contribution >= 4 is 33.5 Å². The van der Waals surface area contributed by atoms with Gasteiger partial charge in [0.15, 0.2) is 0 Å². The number of carboxylic acid groups (broad SMARTS) is 1. The highest BCUT2D eigenvalue weighted by Gasteiger charge is 2.14. The Kier molecular flexibility index (Phi) is 3.49. The van der Waals surface area contributed by atoms with Crippen LogP contribution in [0.3, 0.4) is 0 Å². The fourth-order valence-electron chi connectivity index (χ4n) is 1.73. The zero-order valence-electron chi connectivity index (χ0n) is 9.81. The standard InChI is InChI=1S/C11H11BrClN3O2/c1-6-10(13)8(15(2)14-6)5-16-4-7(11(17)18)3-9(16)12/h3-4H,5H2,1-2H3,(H,17,18). The summed E-state index contributed by atoms with van der Waals surface area (Å²) in [4.78, 5) is 10.9. The molecule has 0 fully saturated rings. The summed E-state index contributed by atoms with van der Waals surface area (Å²) < 4.78 is 4.16. The van der Waals surface area contributed by atoms with Crippen LogP contribution in [0.15, 0.2) is 16.9 Å². The number of aromatic carboxylic acids is 1. The van der Waals surface area contributed by atoms with Crippen LogP contribution >= 0.6 is 27.5 Å². The Balaban J connectivity index is 2.37. The van der Waals surface area contributed by atoms with Gasteiger partial charge in [-0.15, -0.1) is 0 Å². The maximum atomic E-state index is 10.9. The predicted molar refractivity (Wildman–Crippen MR) is 71.1 cm³/mol. The Labute approximate surface area is 117 Å². The monoisotopic (exact) mass is 331 g/mol. The van der Waals surface area contributed by atoms with Gasteiger partial charge in [0.1, 0.15) is 0 Å². The quantitative estimate of drug-likeness (QED) is 0.940. The fourth-order valence-corrected chi connectivity index (χ4v) is 2.42. The second-order valence-electron chi connectivity index (χ2n) is 3.95. The lowest BCUT2D eigenvalue weighted by molar-refractivity contribution is 0.0697. The second kappa shape index (κ2) is 4.78. The number of halogens is 2. The van der Waals surface area contributed by atoms with Crippen molar-refractivity contribution in [1.29, 1.82) is 0 Å². The molecule has 2 rings (SSSR count). The van der Waals surface area contributed by atoms with Gasteiger partial charge < -0.3 is 9.67 Å². The maximum Gasteiger partial charge on any atom is 0.337 e. The van der Waals surface area contributed by atoms with E-state index in [1.54, 1.807) is 21.5 Å². The van der Waals surface area contributed by atoms with Gasteiger partial charge >= 0.3 is 5.97 Å². The van der Waals surface area contributed by atoms with Crippen LogP contribution in [0.5, 0.6) is 0 Å². The van der Waals surface area contributed by atoms with E-state index in [0.29, 0.717) is 16.2 Å². The first-order chi connectivity index (χ1) is 8.40. The highest BCUT2D eigenvalue weighted by Crippen LogP contribution is 2.23. The minimum absolute atomic E-state index is 0.233. The van der Waals surface area contributed by atoms with Crippen molar-refractivity contribution in [2.45, 2.75) is 13.5 Å². The third kappa shape index (κ3) is 2.30. The van der Waals surface area contributed by atoms with Gasteiger partial charge in [-0.05, 0) is 28.9 Å². The minimum atomic E-state index is -0.957. The second-order valence-corrected chi connectivity index (χ2v) is 5.14. The average molecular weight is 333 g/mol. The maximum absolute atomic E-state index is 10.9. The molecular formula is C11H11BrClN3O2. The molecule has 2 heterocycles. The van der Waals surface area contributed by atoms with Gasteiger partial charge in [-0.1, -0.05) is 11.6 Å². The van der Waals surface area contributed by atoms with E-state index in [-0.39, 0.29) is 5.56 Å². The highest BCUT2D eigenvalue weighted by atomic mass is 79.9. The Morgan fingerprint density at radius 1 is 1.61 bits per heavy atom. The van der Waals surface area contributed by atoms with Crippen LogP contribution in [-0.4, -0.2) is 25.4 Å². The predicted octanol–water partition coefficient (Wildman–Crippen LogP) is 2.69. The number of aryl methyl sites for hydroxylation is 2. The lowest BCUT2D eigenvalue weighted by Gasteiger charge is -2.06. The van der Waals surface area contributed by atoms with E-state index >= 15 is 0 Å². The lowest BCUT2D eigenvalue weighted by Crippen LogP contribution is -2.05. The minimum Gasteiger partial charge on any atom is -0.478 e. The molecule has 7 heteroatoms. The van der Waals surface area contributed by atoms with E-state index in [4.69, 9.17) is 16.7 Å². The zero-order valence-corrected chi connectivity index (χ0v) is 12.2. The van der Waals surface area contributed by atoms with Crippen molar-refractivity contribution in [1.82, 2.24) is 14.3 Å². The molecule has 5 nitrogen and oxygen atoms in total. The summed E-state index contributed by atoms with van der Waals surface area (Å²) in [5.41, 5.74) is 1.83. The van der Waals surface area contributed by atoms with E-state index in [9.17, 15) is 4.79 Å². The number of rotatable bonds is 3. The molecule has 2 aromatic heterocycles. The summed E-state index contributed by atoms with van der Waals surface area (Å²) in [6, 6.07) is 1.56. The first-order valence-corrected chi connectivity index (χ1v) is 6.34. The van der Waals surface area contributed by atoms with Gasteiger partial charge in [0.25, 0.3) is 0 Å². The zero-order chi connectivity index (χ0) is 13.4. The Morgan fingerprint density at radius 2 is 2.28 bits per heavy atom. The molecular weight excluding hydrogens is 321 g/mol. The molecule has 0 radical (unpaired) electrons. The van der Waals surface area contributed by atoms with Crippen LogP contribution in [0.2, 0.25) is 5.02 Å². The molecule has 0 unspecified atom stereocenters. The molecule has 1 N–H and O–H groups in total. The van der Waals surface area contributed by atoms with Crippen molar-refractivity contribution in [2.75, 3.05) is 0 Å². The number of hydrogen-bond donors (Lipinski definition) is 1. The van der Waals surface area contributed by atoms with Gasteiger partial charge in [-0.2, -0.15) is 5.10 Å². The first-order valence-electron chi connectivity index (χ1n) is 5.17. The molecule has 0 aromatic carbocycles. The molecule has 0 aliphatic rings. The SMILES string of the molecule is Cc1nn(C)c(Cn2cc(C(=O)O)cc2Br)c1Cl. The van der Waals surface area contributed by atoms with Crippen molar-refractivity contribution in [3.63, 3.8) is 0 Å². The number of hydrogen-bond acceptors (Lipinski definition) is 2. The van der Waals surface area contributed by atoms with Crippen LogP contribution in [0.4, 0.5) is 0 Å². The first kappa shape index (κ1) is 13.2. The molecule has 0 bridgehead atoms. The van der Waals surface area contributed by atoms with Gasteiger partial charge in [0.2, 0.25) is 0 Å². The number of nitrogens with zero attached hydrogens (tertiary/aromatic N) is 3. The third-order valence-corrected chi connectivity index (χ3v) is 3.85. The van der Waals surface area contributed by atoms with Crippen LogP contribution in [0.25, 0.3) is 0 Å². The van der Waals surface area contributed by atoms with Crippen LogP contribution < -0.4 is 0 Å². The molecule has 18 heavy (non-hydrogen) atoms. The number of carbonyl (C=O) groups is 1. The van der Waals surface area contributed by atoms with Crippen LogP contribution in [-0.2, 0) is 13.6 Å². The van der Waals surface area contributed by atoms with Gasteiger partial charge in [-0.3, -0.25) is 4.68 Å². The van der Waals surface area contributed by atoms with Gasteiger partial charge in [0, 0.05) is 13.2 Å². The van der Waals surface area contributed by atoms with Crippen LogP contribution in [0, 0.1) is 6.92 Å². The molecule has 0 aliphatic heterocycles. The van der Waals surface area contributed by atoms with Crippen molar-refractivity contribution in [2.24, 2.45) is 7.05 Å². The molecule has 0 amide bonds. The normalized spacial score (nSPS) is 10.9. The third-order valence-electron chi connectivity index (χ3n) is 2.67. The smallest absolute Gasteiger partial charge is 0.337 e. The Morgan fingerprint density at radius 3 is 2.72 bits per heavy atom. The number of carboxylic acids is 1. The topological polar surface area (TPSA) is 60.0 Å². The summed E-state index contributed by atoms with van der Waals surface area (Å²) in [5, 5.41) is 13.7. The average Bonchev–Trinajstić information content (AvgIpc) is 2.76. The van der Waals surface area contributed by atoms with E-state index in [1.807, 2.05) is 14.0 Å². The van der Waals surface area contributed by atoms with E-state index < -0.39 is 5.97 Å². The molecule has 0 aliphatic carbocycles.